The second-order valence-electron chi connectivity index (χ2n) is 7.75. The number of carbonyl (C=O) groups is 3. The van der Waals surface area contributed by atoms with Crippen LogP contribution in [-0.2, 0) is 16.1 Å². The number of nitro benzene ring substituents is 1. The summed E-state index contributed by atoms with van der Waals surface area (Å²) in [5, 5.41) is 13.6. The lowest BCUT2D eigenvalue weighted by atomic mass is 9.81. The summed E-state index contributed by atoms with van der Waals surface area (Å²) >= 11 is 6.27. The van der Waals surface area contributed by atoms with Crippen LogP contribution >= 0.6 is 11.6 Å². The maximum atomic E-state index is 13.4. The third-order valence-electron chi connectivity index (χ3n) is 5.88. The van der Waals surface area contributed by atoms with Gasteiger partial charge in [-0.25, -0.2) is 5.01 Å². The van der Waals surface area contributed by atoms with Gasteiger partial charge in [0.05, 0.1) is 23.3 Å². The van der Waals surface area contributed by atoms with Crippen LogP contribution in [0.25, 0.3) is 0 Å². The van der Waals surface area contributed by atoms with Crippen LogP contribution in [0.2, 0.25) is 5.02 Å². The molecule has 1 saturated heterocycles. The molecule has 1 saturated carbocycles. The Balaban J connectivity index is 1.75. The predicted octanol–water partition coefficient (Wildman–Crippen LogP) is 3.98. The maximum absolute atomic E-state index is 13.4. The summed E-state index contributed by atoms with van der Waals surface area (Å²) in [4.78, 5) is 50.3. The number of rotatable bonds is 5. The van der Waals surface area contributed by atoms with Gasteiger partial charge in [-0.1, -0.05) is 48.7 Å². The number of amides is 3. The summed E-state index contributed by atoms with van der Waals surface area (Å²) in [7, 11) is 0. The molecule has 0 radical (unpaired) electrons. The summed E-state index contributed by atoms with van der Waals surface area (Å²) in [6.45, 7) is -0.113. The standard InChI is InChI=1S/C22H20ClN3O5/c23-19-11-4-1-6-15(19)13-24(20(27)14-7-5-8-16(12-14)26(30)31)25-21(28)17-9-2-3-10-18(17)22(25)29/h1,4-8,11-12,17-18H,2-3,9-10,13H2/t17-,18-/m0/s1. The Morgan fingerprint density at radius 1 is 1.06 bits per heavy atom. The van der Waals surface area contributed by atoms with Crippen molar-refractivity contribution in [3.8, 4) is 0 Å². The number of non-ortho nitro benzene ring substituents is 1. The third kappa shape index (κ3) is 3.90. The van der Waals surface area contributed by atoms with Crippen LogP contribution in [-0.4, -0.2) is 32.7 Å². The van der Waals surface area contributed by atoms with E-state index in [0.29, 0.717) is 23.4 Å². The maximum Gasteiger partial charge on any atom is 0.273 e. The molecule has 2 aromatic rings. The van der Waals surface area contributed by atoms with E-state index in [1.807, 2.05) is 0 Å². The van der Waals surface area contributed by atoms with Crippen LogP contribution in [0.3, 0.4) is 0 Å². The third-order valence-corrected chi connectivity index (χ3v) is 6.24. The van der Waals surface area contributed by atoms with Gasteiger partial charge in [-0.3, -0.25) is 24.5 Å². The molecule has 8 nitrogen and oxygen atoms in total. The first-order valence-corrected chi connectivity index (χ1v) is 10.4. The van der Waals surface area contributed by atoms with Gasteiger partial charge in [0.25, 0.3) is 23.4 Å². The van der Waals surface area contributed by atoms with Crippen molar-refractivity contribution in [2.75, 3.05) is 0 Å². The molecular weight excluding hydrogens is 422 g/mol. The highest BCUT2D eigenvalue weighted by Crippen LogP contribution is 2.39. The first-order chi connectivity index (χ1) is 14.9. The van der Waals surface area contributed by atoms with Gasteiger partial charge in [0.2, 0.25) is 0 Å². The van der Waals surface area contributed by atoms with Gasteiger partial charge < -0.3 is 0 Å². The van der Waals surface area contributed by atoms with E-state index in [0.717, 1.165) is 28.9 Å². The number of fused-ring (bicyclic) bond motifs is 1. The topological polar surface area (TPSA) is 101 Å². The largest absolute Gasteiger partial charge is 0.273 e. The molecular formula is C22H20ClN3O5. The molecule has 1 aliphatic heterocycles. The number of carbonyl (C=O) groups excluding carboxylic acids is 3. The molecule has 1 aliphatic carbocycles. The molecule has 1 heterocycles. The molecule has 3 amide bonds. The molecule has 0 spiro atoms. The molecule has 31 heavy (non-hydrogen) atoms. The number of nitrogens with zero attached hydrogens (tertiary/aromatic N) is 3. The fourth-order valence-corrected chi connectivity index (χ4v) is 4.50. The van der Waals surface area contributed by atoms with Gasteiger partial charge in [0.15, 0.2) is 0 Å². The number of hydrogen-bond acceptors (Lipinski definition) is 5. The van der Waals surface area contributed by atoms with E-state index in [1.54, 1.807) is 24.3 Å². The highest BCUT2D eigenvalue weighted by atomic mass is 35.5. The summed E-state index contributed by atoms with van der Waals surface area (Å²) in [5.74, 6) is -2.36. The molecule has 0 bridgehead atoms. The number of nitro groups is 1. The Kier molecular flexibility index (Phi) is 5.73. The fourth-order valence-electron chi connectivity index (χ4n) is 4.31. The van der Waals surface area contributed by atoms with Gasteiger partial charge in [-0.05, 0) is 30.5 Å². The van der Waals surface area contributed by atoms with Crippen LogP contribution in [0.5, 0.6) is 0 Å². The Morgan fingerprint density at radius 2 is 1.71 bits per heavy atom. The Labute approximate surface area is 183 Å². The van der Waals surface area contributed by atoms with Crippen molar-refractivity contribution in [2.45, 2.75) is 32.2 Å². The molecule has 4 rings (SSSR count). The number of benzene rings is 2. The first-order valence-electron chi connectivity index (χ1n) is 10.1. The SMILES string of the molecule is O=C(c1cccc([N+](=O)[O-])c1)N(Cc1ccccc1Cl)N1C(=O)[C@H]2CCCC[C@@H]2C1=O. The quantitative estimate of drug-likeness (QED) is 0.397. The second-order valence-corrected chi connectivity index (χ2v) is 8.15. The zero-order chi connectivity index (χ0) is 22.1. The zero-order valence-electron chi connectivity index (χ0n) is 16.6. The van der Waals surface area contributed by atoms with Crippen molar-refractivity contribution in [1.29, 1.82) is 0 Å². The molecule has 0 unspecified atom stereocenters. The van der Waals surface area contributed by atoms with Crippen LogP contribution < -0.4 is 0 Å². The minimum Gasteiger partial charge on any atom is -0.272 e. The van der Waals surface area contributed by atoms with E-state index < -0.39 is 34.5 Å². The molecule has 2 atom stereocenters. The lowest BCUT2D eigenvalue weighted by Crippen LogP contribution is -2.49. The number of hydrogen-bond donors (Lipinski definition) is 0. The van der Waals surface area contributed by atoms with Gasteiger partial charge >= 0.3 is 0 Å². The normalized spacial score (nSPS) is 20.5. The fraction of sp³-hybridized carbons (Fsp3) is 0.318. The van der Waals surface area contributed by atoms with Crippen molar-refractivity contribution in [3.05, 3.63) is 74.8 Å². The number of imide groups is 1. The Morgan fingerprint density at radius 3 is 2.32 bits per heavy atom. The summed E-state index contributed by atoms with van der Waals surface area (Å²) < 4.78 is 0. The molecule has 160 valence electrons. The molecule has 2 fully saturated rings. The molecule has 2 aromatic carbocycles. The van der Waals surface area contributed by atoms with Crippen LogP contribution in [0.1, 0.15) is 41.6 Å². The number of hydrazine groups is 1. The van der Waals surface area contributed by atoms with E-state index in [4.69, 9.17) is 11.6 Å². The molecule has 0 aromatic heterocycles. The van der Waals surface area contributed by atoms with Crippen LogP contribution in [0.15, 0.2) is 48.5 Å². The zero-order valence-corrected chi connectivity index (χ0v) is 17.3. The van der Waals surface area contributed by atoms with Gasteiger partial charge in [0, 0.05) is 22.7 Å². The Hall–Kier alpha value is -3.26. The molecule has 2 aliphatic rings. The van der Waals surface area contributed by atoms with Gasteiger partial charge in [-0.15, -0.1) is 0 Å². The van der Waals surface area contributed by atoms with Crippen molar-refractivity contribution in [3.63, 3.8) is 0 Å². The summed E-state index contributed by atoms with van der Waals surface area (Å²) in [6.07, 6.45) is 2.93. The highest BCUT2D eigenvalue weighted by Gasteiger charge is 2.51. The van der Waals surface area contributed by atoms with Crippen molar-refractivity contribution in [1.82, 2.24) is 10.0 Å². The van der Waals surface area contributed by atoms with Crippen molar-refractivity contribution < 1.29 is 19.3 Å². The smallest absolute Gasteiger partial charge is 0.272 e. The minimum atomic E-state index is -0.677. The summed E-state index contributed by atoms with van der Waals surface area (Å²) in [5.41, 5.74) is 0.312. The lowest BCUT2D eigenvalue weighted by molar-refractivity contribution is -0.384. The predicted molar refractivity (Wildman–Crippen MR) is 112 cm³/mol. The van der Waals surface area contributed by atoms with E-state index in [-0.39, 0.29) is 17.8 Å². The molecule has 9 heteroatoms. The van der Waals surface area contributed by atoms with Crippen molar-refractivity contribution >= 4 is 35.0 Å². The lowest BCUT2D eigenvalue weighted by Gasteiger charge is -2.31. The van der Waals surface area contributed by atoms with Gasteiger partial charge in [-0.2, -0.15) is 5.01 Å². The first kappa shape index (κ1) is 21.0. The van der Waals surface area contributed by atoms with E-state index in [2.05, 4.69) is 0 Å². The molecule has 0 N–H and O–H groups in total. The van der Waals surface area contributed by atoms with E-state index in [1.165, 1.54) is 18.2 Å². The average Bonchev–Trinajstić information content (AvgIpc) is 3.03. The summed E-state index contributed by atoms with van der Waals surface area (Å²) in [6, 6.07) is 12.1. The van der Waals surface area contributed by atoms with Crippen LogP contribution in [0, 0.1) is 22.0 Å². The second kappa shape index (κ2) is 8.47. The van der Waals surface area contributed by atoms with E-state index in [9.17, 15) is 24.5 Å². The van der Waals surface area contributed by atoms with E-state index >= 15 is 0 Å². The monoisotopic (exact) mass is 441 g/mol. The minimum absolute atomic E-state index is 0.0109. The van der Waals surface area contributed by atoms with Crippen LogP contribution in [0.4, 0.5) is 5.69 Å². The van der Waals surface area contributed by atoms with Crippen molar-refractivity contribution in [2.24, 2.45) is 11.8 Å². The highest BCUT2D eigenvalue weighted by molar-refractivity contribution is 6.31. The Bertz CT molecular complexity index is 1050. The average molecular weight is 442 g/mol. The van der Waals surface area contributed by atoms with Gasteiger partial charge in [0.1, 0.15) is 0 Å². The number of halogens is 1.